The quantitative estimate of drug-likeness (QED) is 0.585. The molecular weight excluding hydrogens is 364 g/mol. The maximum Gasteiger partial charge on any atom is 0.274 e. The summed E-state index contributed by atoms with van der Waals surface area (Å²) in [5.41, 5.74) is 3.68. The second-order valence-corrected chi connectivity index (χ2v) is 7.01. The number of rotatable bonds is 7. The molecule has 2 N–H and O–H groups in total. The molecule has 1 aromatic heterocycles. The summed E-state index contributed by atoms with van der Waals surface area (Å²) in [4.78, 5) is 21.5. The fraction of sp³-hybridized carbons (Fsp3) is 0.261. The van der Waals surface area contributed by atoms with Gasteiger partial charge in [0.1, 0.15) is 11.4 Å². The standard InChI is InChI=1S/C23H26N4O2/c1-5-17-10-12-18(13-11-17)25-22(28)20-14-16(4)24-23(27-20)26-19-8-6-7-9-21(19)29-15(2)3/h6-15H,5H2,1-4H3,(H,25,28)(H,24,26,27). The van der Waals surface area contributed by atoms with Gasteiger partial charge in [-0.1, -0.05) is 31.2 Å². The van der Waals surface area contributed by atoms with Gasteiger partial charge in [0.2, 0.25) is 5.95 Å². The number of carbonyl (C=O) groups excluding carboxylic acids is 1. The van der Waals surface area contributed by atoms with Crippen LogP contribution in [0.25, 0.3) is 0 Å². The first kappa shape index (κ1) is 20.3. The summed E-state index contributed by atoms with van der Waals surface area (Å²) < 4.78 is 5.83. The number of ether oxygens (including phenoxy) is 1. The Morgan fingerprint density at radius 3 is 2.48 bits per heavy atom. The van der Waals surface area contributed by atoms with Gasteiger partial charge in [-0.2, -0.15) is 0 Å². The number of nitrogens with zero attached hydrogens (tertiary/aromatic N) is 2. The van der Waals surface area contributed by atoms with Gasteiger partial charge in [-0.05, 0) is 63.1 Å². The zero-order valence-electron chi connectivity index (χ0n) is 17.2. The smallest absolute Gasteiger partial charge is 0.274 e. The van der Waals surface area contributed by atoms with Crippen molar-refractivity contribution >= 4 is 23.2 Å². The summed E-state index contributed by atoms with van der Waals surface area (Å²) in [6, 6.07) is 17.0. The van der Waals surface area contributed by atoms with Crippen LogP contribution in [0.1, 0.15) is 42.5 Å². The van der Waals surface area contributed by atoms with Crippen LogP contribution in [-0.2, 0) is 6.42 Å². The maximum absolute atomic E-state index is 12.7. The van der Waals surface area contributed by atoms with Gasteiger partial charge in [-0.15, -0.1) is 0 Å². The molecule has 0 radical (unpaired) electrons. The molecule has 0 fully saturated rings. The number of nitrogens with one attached hydrogen (secondary N) is 2. The predicted octanol–water partition coefficient (Wildman–Crippen LogP) is 5.13. The lowest BCUT2D eigenvalue weighted by atomic mass is 10.1. The van der Waals surface area contributed by atoms with Crippen molar-refractivity contribution in [2.75, 3.05) is 10.6 Å². The fourth-order valence-electron chi connectivity index (χ4n) is 2.81. The average molecular weight is 390 g/mol. The Morgan fingerprint density at radius 1 is 1.07 bits per heavy atom. The second kappa shape index (κ2) is 9.19. The third kappa shape index (κ3) is 5.54. The molecular formula is C23H26N4O2. The molecule has 0 saturated carbocycles. The van der Waals surface area contributed by atoms with E-state index < -0.39 is 0 Å². The number of hydrogen-bond donors (Lipinski definition) is 2. The number of benzene rings is 2. The highest BCUT2D eigenvalue weighted by Crippen LogP contribution is 2.27. The highest BCUT2D eigenvalue weighted by molar-refractivity contribution is 6.03. The van der Waals surface area contributed by atoms with Crippen LogP contribution in [0, 0.1) is 6.92 Å². The minimum absolute atomic E-state index is 0.0387. The first-order valence-electron chi connectivity index (χ1n) is 9.73. The summed E-state index contributed by atoms with van der Waals surface area (Å²) in [6.07, 6.45) is 0.993. The van der Waals surface area contributed by atoms with E-state index in [4.69, 9.17) is 4.74 Å². The predicted molar refractivity (Wildman–Crippen MR) is 116 cm³/mol. The highest BCUT2D eigenvalue weighted by atomic mass is 16.5. The average Bonchev–Trinajstić information content (AvgIpc) is 2.69. The van der Waals surface area contributed by atoms with Crippen LogP contribution < -0.4 is 15.4 Å². The largest absolute Gasteiger partial charge is 0.489 e. The zero-order valence-corrected chi connectivity index (χ0v) is 17.2. The molecule has 0 bridgehead atoms. The molecule has 0 spiro atoms. The molecule has 0 unspecified atom stereocenters. The Labute approximate surface area is 171 Å². The molecule has 150 valence electrons. The molecule has 0 aliphatic heterocycles. The van der Waals surface area contributed by atoms with Crippen molar-refractivity contribution in [2.24, 2.45) is 0 Å². The summed E-state index contributed by atoms with van der Waals surface area (Å²) in [6.45, 7) is 7.86. The fourth-order valence-corrected chi connectivity index (χ4v) is 2.81. The van der Waals surface area contributed by atoms with Crippen LogP contribution in [0.4, 0.5) is 17.3 Å². The van der Waals surface area contributed by atoms with Gasteiger partial charge in [0.25, 0.3) is 5.91 Å². The Balaban J connectivity index is 1.80. The third-order valence-corrected chi connectivity index (χ3v) is 4.20. The molecule has 0 aliphatic rings. The molecule has 3 rings (SSSR count). The first-order valence-corrected chi connectivity index (χ1v) is 9.73. The molecule has 29 heavy (non-hydrogen) atoms. The van der Waals surface area contributed by atoms with E-state index in [-0.39, 0.29) is 12.0 Å². The van der Waals surface area contributed by atoms with Crippen LogP contribution >= 0.6 is 0 Å². The first-order chi connectivity index (χ1) is 13.9. The van der Waals surface area contributed by atoms with E-state index in [1.54, 1.807) is 6.07 Å². The van der Waals surface area contributed by atoms with E-state index in [2.05, 4.69) is 27.5 Å². The van der Waals surface area contributed by atoms with Crippen molar-refractivity contribution in [2.45, 2.75) is 40.2 Å². The van der Waals surface area contributed by atoms with Gasteiger partial charge in [0.05, 0.1) is 11.8 Å². The second-order valence-electron chi connectivity index (χ2n) is 7.01. The van der Waals surface area contributed by atoms with E-state index in [1.165, 1.54) is 5.56 Å². The van der Waals surface area contributed by atoms with Crippen molar-refractivity contribution in [1.82, 2.24) is 9.97 Å². The molecule has 2 aromatic carbocycles. The number of para-hydroxylation sites is 2. The lowest BCUT2D eigenvalue weighted by Crippen LogP contribution is -2.15. The zero-order chi connectivity index (χ0) is 20.8. The SMILES string of the molecule is CCc1ccc(NC(=O)c2cc(C)nc(Nc3ccccc3OC(C)C)n2)cc1. The number of hydrogen-bond acceptors (Lipinski definition) is 5. The minimum Gasteiger partial charge on any atom is -0.489 e. The van der Waals surface area contributed by atoms with E-state index in [0.717, 1.165) is 17.8 Å². The molecule has 0 saturated heterocycles. The monoisotopic (exact) mass is 390 g/mol. The molecule has 0 atom stereocenters. The summed E-state index contributed by atoms with van der Waals surface area (Å²) in [5.74, 6) is 0.764. The van der Waals surface area contributed by atoms with E-state index in [1.807, 2.05) is 69.3 Å². The number of anilines is 3. The van der Waals surface area contributed by atoms with Gasteiger partial charge in [-0.25, -0.2) is 9.97 Å². The summed E-state index contributed by atoms with van der Waals surface area (Å²) in [7, 11) is 0. The molecule has 6 nitrogen and oxygen atoms in total. The summed E-state index contributed by atoms with van der Waals surface area (Å²) in [5, 5.41) is 6.05. The molecule has 3 aromatic rings. The van der Waals surface area contributed by atoms with E-state index in [0.29, 0.717) is 23.1 Å². The van der Waals surface area contributed by atoms with E-state index >= 15 is 0 Å². The maximum atomic E-state index is 12.7. The topological polar surface area (TPSA) is 76.1 Å². The number of amides is 1. The van der Waals surface area contributed by atoms with Crippen molar-refractivity contribution in [1.29, 1.82) is 0 Å². The van der Waals surface area contributed by atoms with Crippen molar-refractivity contribution in [3.05, 3.63) is 71.5 Å². The van der Waals surface area contributed by atoms with Crippen LogP contribution in [0.2, 0.25) is 0 Å². The van der Waals surface area contributed by atoms with Gasteiger partial charge in [0, 0.05) is 11.4 Å². The van der Waals surface area contributed by atoms with Crippen LogP contribution in [0.5, 0.6) is 5.75 Å². The van der Waals surface area contributed by atoms with Gasteiger partial charge in [-0.3, -0.25) is 4.79 Å². The van der Waals surface area contributed by atoms with Crippen LogP contribution in [0.3, 0.4) is 0 Å². The van der Waals surface area contributed by atoms with Crippen molar-refractivity contribution in [3.8, 4) is 5.75 Å². The van der Waals surface area contributed by atoms with E-state index in [9.17, 15) is 4.79 Å². The Kier molecular flexibility index (Phi) is 6.44. The highest BCUT2D eigenvalue weighted by Gasteiger charge is 2.13. The molecule has 1 heterocycles. The number of aromatic nitrogens is 2. The Morgan fingerprint density at radius 2 is 1.79 bits per heavy atom. The van der Waals surface area contributed by atoms with Crippen LogP contribution in [0.15, 0.2) is 54.6 Å². The van der Waals surface area contributed by atoms with Crippen LogP contribution in [-0.4, -0.2) is 22.0 Å². The van der Waals surface area contributed by atoms with Gasteiger partial charge >= 0.3 is 0 Å². The molecule has 0 aliphatic carbocycles. The molecule has 1 amide bonds. The lowest BCUT2D eigenvalue weighted by Gasteiger charge is -2.15. The number of aryl methyl sites for hydroxylation is 2. The van der Waals surface area contributed by atoms with Crippen molar-refractivity contribution < 1.29 is 9.53 Å². The Bertz CT molecular complexity index is 984. The number of carbonyl (C=O) groups is 1. The van der Waals surface area contributed by atoms with Crippen molar-refractivity contribution in [3.63, 3.8) is 0 Å². The molecule has 6 heteroatoms. The minimum atomic E-state index is -0.283. The normalized spacial score (nSPS) is 10.7. The Hall–Kier alpha value is -3.41. The summed E-state index contributed by atoms with van der Waals surface area (Å²) >= 11 is 0. The van der Waals surface area contributed by atoms with Gasteiger partial charge in [0.15, 0.2) is 0 Å². The van der Waals surface area contributed by atoms with Gasteiger partial charge < -0.3 is 15.4 Å². The lowest BCUT2D eigenvalue weighted by molar-refractivity contribution is 0.102. The third-order valence-electron chi connectivity index (χ3n) is 4.20.